The Hall–Kier alpha value is -0.720. The van der Waals surface area contributed by atoms with Gasteiger partial charge in [-0.25, -0.2) is 0 Å². The first-order valence-corrected chi connectivity index (χ1v) is 3.97. The molecule has 0 aromatic carbocycles. The Balaban J connectivity index is 1.92. The summed E-state index contributed by atoms with van der Waals surface area (Å²) in [7, 11) is 0. The quantitative estimate of drug-likeness (QED) is 0.574. The molecule has 53 valence electrons. The number of rotatable bonds is 1. The number of dihydropyridines is 1. The second-order valence-corrected chi connectivity index (χ2v) is 3.03. The topological polar surface area (TPSA) is 12.0 Å². The Kier molecular flexibility index (Phi) is 1.50. The van der Waals surface area contributed by atoms with Crippen molar-refractivity contribution < 1.29 is 0 Å². The molecule has 1 aliphatic heterocycles. The Morgan fingerprint density at radius 1 is 1.40 bits per heavy atom. The molecule has 2 rings (SSSR count). The lowest BCUT2D eigenvalue weighted by Gasteiger charge is -2.32. The van der Waals surface area contributed by atoms with Gasteiger partial charge in [-0.2, -0.15) is 0 Å². The van der Waals surface area contributed by atoms with E-state index in [-0.39, 0.29) is 0 Å². The monoisotopic (exact) mass is 134 g/mol. The second kappa shape index (κ2) is 2.49. The van der Waals surface area contributed by atoms with Crippen LogP contribution in [-0.2, 0) is 0 Å². The third kappa shape index (κ3) is 0.962. The van der Waals surface area contributed by atoms with Crippen molar-refractivity contribution in [1.29, 1.82) is 0 Å². The van der Waals surface area contributed by atoms with Gasteiger partial charge < -0.3 is 5.32 Å². The van der Waals surface area contributed by atoms with Crippen molar-refractivity contribution in [1.82, 2.24) is 5.32 Å². The van der Waals surface area contributed by atoms with E-state index in [1.54, 1.807) is 0 Å². The van der Waals surface area contributed by atoms with E-state index in [1.165, 1.54) is 19.3 Å². The average Bonchev–Trinajstić information content (AvgIpc) is 1.86. The third-order valence-electron chi connectivity index (χ3n) is 2.37. The van der Waals surface area contributed by atoms with Crippen LogP contribution in [0.4, 0.5) is 0 Å². The molecule has 0 aromatic rings. The van der Waals surface area contributed by atoms with Crippen molar-refractivity contribution >= 4 is 0 Å². The van der Waals surface area contributed by atoms with Gasteiger partial charge in [0.2, 0.25) is 0 Å². The first-order valence-electron chi connectivity index (χ1n) is 3.97. The van der Waals surface area contributed by atoms with Crippen LogP contribution < -0.4 is 5.32 Å². The van der Waals surface area contributed by atoms with Gasteiger partial charge in [0.15, 0.2) is 0 Å². The van der Waals surface area contributed by atoms with Crippen LogP contribution in [0, 0.1) is 12.0 Å². The molecule has 1 atom stereocenters. The van der Waals surface area contributed by atoms with Crippen LogP contribution in [0.1, 0.15) is 19.3 Å². The molecule has 1 unspecified atom stereocenters. The Bertz CT molecular complexity index is 166. The molecule has 1 saturated carbocycles. The van der Waals surface area contributed by atoms with Crippen LogP contribution in [0.3, 0.4) is 0 Å². The molecule has 0 saturated heterocycles. The van der Waals surface area contributed by atoms with E-state index in [0.29, 0.717) is 6.04 Å². The smallest absolute Gasteiger partial charge is 0.0540 e. The minimum atomic E-state index is 0.513. The highest BCUT2D eigenvalue weighted by Gasteiger charge is 2.25. The molecule has 0 amide bonds. The molecule has 1 heterocycles. The average molecular weight is 134 g/mol. The first kappa shape index (κ1) is 6.02. The van der Waals surface area contributed by atoms with Crippen molar-refractivity contribution in [2.75, 3.05) is 0 Å². The summed E-state index contributed by atoms with van der Waals surface area (Å²) in [5.74, 6) is 0.862. The first-order chi connectivity index (χ1) is 4.97. The Labute approximate surface area is 61.8 Å². The van der Waals surface area contributed by atoms with E-state index in [1.807, 2.05) is 18.4 Å². The van der Waals surface area contributed by atoms with Crippen LogP contribution >= 0.6 is 0 Å². The maximum Gasteiger partial charge on any atom is 0.0540 e. The zero-order chi connectivity index (χ0) is 6.81. The molecular formula is C9H12N. The van der Waals surface area contributed by atoms with Gasteiger partial charge in [-0.15, -0.1) is 0 Å². The van der Waals surface area contributed by atoms with Crippen LogP contribution in [0.2, 0.25) is 0 Å². The highest BCUT2D eigenvalue weighted by molar-refractivity contribution is 5.09. The summed E-state index contributed by atoms with van der Waals surface area (Å²) in [5.41, 5.74) is 0. The largest absolute Gasteiger partial charge is 0.384 e. The van der Waals surface area contributed by atoms with Gasteiger partial charge in [-0.1, -0.05) is 12.5 Å². The van der Waals surface area contributed by atoms with E-state index >= 15 is 0 Å². The van der Waals surface area contributed by atoms with Crippen molar-refractivity contribution in [2.45, 2.75) is 25.3 Å². The van der Waals surface area contributed by atoms with Gasteiger partial charge >= 0.3 is 0 Å². The molecule has 1 radical (unpaired) electrons. The number of hydrogen-bond acceptors (Lipinski definition) is 1. The molecule has 1 nitrogen and oxygen atoms in total. The second-order valence-electron chi connectivity index (χ2n) is 3.03. The van der Waals surface area contributed by atoms with Gasteiger partial charge in [0, 0.05) is 0 Å². The Morgan fingerprint density at radius 3 is 2.80 bits per heavy atom. The normalized spacial score (nSPS) is 31.4. The highest BCUT2D eigenvalue weighted by atomic mass is 14.9. The van der Waals surface area contributed by atoms with Crippen LogP contribution in [0.5, 0.6) is 0 Å². The molecule has 1 N–H and O–H groups in total. The molecule has 1 heteroatoms. The van der Waals surface area contributed by atoms with Crippen LogP contribution in [0.15, 0.2) is 18.4 Å². The lowest BCUT2D eigenvalue weighted by atomic mass is 9.79. The maximum absolute atomic E-state index is 3.30. The lowest BCUT2D eigenvalue weighted by Crippen LogP contribution is -2.36. The summed E-state index contributed by atoms with van der Waals surface area (Å²) in [5, 5.41) is 3.30. The molecule has 10 heavy (non-hydrogen) atoms. The van der Waals surface area contributed by atoms with E-state index in [0.717, 1.165) is 5.92 Å². The third-order valence-corrected chi connectivity index (χ3v) is 2.37. The van der Waals surface area contributed by atoms with Crippen molar-refractivity contribution in [3.63, 3.8) is 0 Å². The molecule has 0 spiro atoms. The lowest BCUT2D eigenvalue weighted by molar-refractivity contribution is 0.266. The van der Waals surface area contributed by atoms with E-state index < -0.39 is 0 Å². The predicted molar refractivity (Wildman–Crippen MR) is 41.2 cm³/mol. The molecule has 0 bridgehead atoms. The fourth-order valence-electron chi connectivity index (χ4n) is 1.46. The zero-order valence-electron chi connectivity index (χ0n) is 6.01. The summed E-state index contributed by atoms with van der Waals surface area (Å²) >= 11 is 0. The van der Waals surface area contributed by atoms with Crippen molar-refractivity contribution in [3.8, 4) is 0 Å². The van der Waals surface area contributed by atoms with E-state index in [2.05, 4.69) is 11.4 Å². The summed E-state index contributed by atoms with van der Waals surface area (Å²) in [6.45, 7) is 0. The maximum atomic E-state index is 3.30. The van der Waals surface area contributed by atoms with Gasteiger partial charge in [0.25, 0.3) is 0 Å². The fraction of sp³-hybridized carbons (Fsp3) is 0.556. The summed E-state index contributed by atoms with van der Waals surface area (Å²) < 4.78 is 0. The van der Waals surface area contributed by atoms with Gasteiger partial charge in [-0.3, -0.25) is 0 Å². The van der Waals surface area contributed by atoms with Gasteiger partial charge in [0.1, 0.15) is 0 Å². The molecule has 1 fully saturated rings. The molecule has 2 aliphatic rings. The highest BCUT2D eigenvalue weighted by Crippen LogP contribution is 2.30. The minimum Gasteiger partial charge on any atom is -0.384 e. The zero-order valence-corrected chi connectivity index (χ0v) is 6.01. The molecular weight excluding hydrogens is 122 g/mol. The van der Waals surface area contributed by atoms with E-state index in [9.17, 15) is 0 Å². The van der Waals surface area contributed by atoms with Crippen molar-refractivity contribution in [2.24, 2.45) is 5.92 Å². The van der Waals surface area contributed by atoms with Crippen molar-refractivity contribution in [3.05, 3.63) is 24.4 Å². The predicted octanol–water partition coefficient (Wildman–Crippen LogP) is 1.63. The van der Waals surface area contributed by atoms with E-state index in [4.69, 9.17) is 0 Å². The number of allylic oxidation sites excluding steroid dienone is 2. The summed E-state index contributed by atoms with van der Waals surface area (Å²) in [4.78, 5) is 0. The number of nitrogens with one attached hydrogen (secondary N) is 1. The Morgan fingerprint density at radius 2 is 2.30 bits per heavy atom. The fourth-order valence-corrected chi connectivity index (χ4v) is 1.46. The minimum absolute atomic E-state index is 0.513. The molecule has 0 aromatic heterocycles. The van der Waals surface area contributed by atoms with Crippen LogP contribution in [-0.4, -0.2) is 6.04 Å². The molecule has 1 aliphatic carbocycles. The summed E-state index contributed by atoms with van der Waals surface area (Å²) in [6.07, 6.45) is 13.5. The standard InChI is InChI=1S/C9H12N/c1-2-7-10-9(6-1)8-4-3-5-8/h1-2,7-10H,3-5H2. The summed E-state index contributed by atoms with van der Waals surface area (Å²) in [6, 6.07) is 0.513. The SMILES string of the molecule is [C]1=CC=CNC1C1CCC1. The van der Waals surface area contributed by atoms with Gasteiger partial charge in [-0.05, 0) is 37.1 Å². The number of hydrogen-bond donors (Lipinski definition) is 1. The van der Waals surface area contributed by atoms with Crippen LogP contribution in [0.25, 0.3) is 0 Å². The van der Waals surface area contributed by atoms with Gasteiger partial charge in [0.05, 0.1) is 6.04 Å².